The monoisotopic (exact) mass is 354 g/mol. The van der Waals surface area contributed by atoms with E-state index < -0.39 is 0 Å². The summed E-state index contributed by atoms with van der Waals surface area (Å²) in [6.07, 6.45) is 6.20. The highest BCUT2D eigenvalue weighted by molar-refractivity contribution is 7.09. The summed E-state index contributed by atoms with van der Waals surface area (Å²) in [7, 11) is 0. The third-order valence-electron chi connectivity index (χ3n) is 5.32. The lowest BCUT2D eigenvalue weighted by Crippen LogP contribution is -2.44. The van der Waals surface area contributed by atoms with Gasteiger partial charge in [-0.1, -0.05) is 13.0 Å². The van der Waals surface area contributed by atoms with Crippen LogP contribution in [0, 0.1) is 6.92 Å². The van der Waals surface area contributed by atoms with Crippen molar-refractivity contribution in [2.75, 3.05) is 13.1 Å². The molecule has 5 nitrogen and oxygen atoms in total. The summed E-state index contributed by atoms with van der Waals surface area (Å²) in [4.78, 5) is 23.9. The Kier molecular flexibility index (Phi) is 4.07. The zero-order chi connectivity index (χ0) is 17.4. The number of imidazole rings is 1. The standard InChI is InChI=1S/C19H22N4OS/c1-14-15(23-9-4-3-5-16(23)21-14)13-17(24)22-10-6-19(2,7-11-22)18-20-8-12-25-18/h3-5,8-9,12H,6-7,10-11,13H2,1-2H3. The van der Waals surface area contributed by atoms with Gasteiger partial charge in [0.05, 0.1) is 22.8 Å². The maximum absolute atomic E-state index is 12.8. The Labute approximate surface area is 151 Å². The van der Waals surface area contributed by atoms with Crippen molar-refractivity contribution in [3.63, 3.8) is 0 Å². The number of aryl methyl sites for hydroxylation is 1. The van der Waals surface area contributed by atoms with Crippen LogP contribution in [0.4, 0.5) is 0 Å². The van der Waals surface area contributed by atoms with Gasteiger partial charge in [-0.2, -0.15) is 0 Å². The summed E-state index contributed by atoms with van der Waals surface area (Å²) in [6, 6.07) is 5.92. The van der Waals surface area contributed by atoms with Gasteiger partial charge in [-0.15, -0.1) is 11.3 Å². The number of nitrogens with zero attached hydrogens (tertiary/aromatic N) is 4. The van der Waals surface area contributed by atoms with Crippen molar-refractivity contribution in [2.45, 2.75) is 38.5 Å². The molecular weight excluding hydrogens is 332 g/mol. The summed E-state index contributed by atoms with van der Waals surface area (Å²) < 4.78 is 2.02. The highest BCUT2D eigenvalue weighted by Crippen LogP contribution is 2.36. The minimum absolute atomic E-state index is 0.101. The van der Waals surface area contributed by atoms with Crippen molar-refractivity contribution in [1.82, 2.24) is 19.3 Å². The number of pyridine rings is 1. The van der Waals surface area contributed by atoms with E-state index in [9.17, 15) is 4.79 Å². The van der Waals surface area contributed by atoms with Gasteiger partial charge in [0.15, 0.2) is 0 Å². The minimum atomic E-state index is 0.101. The number of rotatable bonds is 3. The van der Waals surface area contributed by atoms with E-state index in [0.29, 0.717) is 6.42 Å². The molecular formula is C19H22N4OS. The van der Waals surface area contributed by atoms with Gasteiger partial charge in [0.1, 0.15) is 5.65 Å². The van der Waals surface area contributed by atoms with Gasteiger partial charge in [-0.05, 0) is 31.9 Å². The van der Waals surface area contributed by atoms with Crippen LogP contribution >= 0.6 is 11.3 Å². The average molecular weight is 354 g/mol. The molecule has 0 N–H and O–H groups in total. The number of carbonyl (C=O) groups is 1. The van der Waals surface area contributed by atoms with Crippen molar-refractivity contribution >= 4 is 22.9 Å². The second kappa shape index (κ2) is 6.26. The molecule has 1 saturated heterocycles. The van der Waals surface area contributed by atoms with Crippen LogP contribution in [0.2, 0.25) is 0 Å². The first-order valence-electron chi connectivity index (χ1n) is 8.67. The predicted octanol–water partition coefficient (Wildman–Crippen LogP) is 3.22. The summed E-state index contributed by atoms with van der Waals surface area (Å²) in [6.45, 7) is 5.84. The molecule has 0 aliphatic carbocycles. The molecule has 3 aromatic heterocycles. The van der Waals surface area contributed by atoms with Gasteiger partial charge >= 0.3 is 0 Å². The molecule has 1 aliphatic rings. The first kappa shape index (κ1) is 16.3. The number of carbonyl (C=O) groups excluding carboxylic acids is 1. The SMILES string of the molecule is Cc1nc2ccccn2c1CC(=O)N1CCC(C)(c2nccs2)CC1. The van der Waals surface area contributed by atoms with Gasteiger partial charge in [-0.25, -0.2) is 9.97 Å². The molecule has 3 aromatic rings. The van der Waals surface area contributed by atoms with Crippen LogP contribution in [0.3, 0.4) is 0 Å². The molecule has 1 fully saturated rings. The second-order valence-corrected chi connectivity index (χ2v) is 7.92. The van der Waals surface area contributed by atoms with Crippen molar-refractivity contribution in [1.29, 1.82) is 0 Å². The smallest absolute Gasteiger partial charge is 0.228 e. The molecule has 1 amide bonds. The predicted molar refractivity (Wildman–Crippen MR) is 98.9 cm³/mol. The van der Waals surface area contributed by atoms with Gasteiger partial charge in [0, 0.05) is 36.3 Å². The molecule has 0 radical (unpaired) electrons. The van der Waals surface area contributed by atoms with E-state index in [-0.39, 0.29) is 11.3 Å². The van der Waals surface area contributed by atoms with Crippen molar-refractivity contribution in [3.05, 3.63) is 52.4 Å². The lowest BCUT2D eigenvalue weighted by Gasteiger charge is -2.38. The number of hydrogen-bond donors (Lipinski definition) is 0. The molecule has 130 valence electrons. The summed E-state index contributed by atoms with van der Waals surface area (Å²) in [5.74, 6) is 0.190. The summed E-state index contributed by atoms with van der Waals surface area (Å²) in [5.41, 5.74) is 2.93. The maximum atomic E-state index is 12.8. The van der Waals surface area contributed by atoms with Gasteiger partial charge in [-0.3, -0.25) is 4.79 Å². The van der Waals surface area contributed by atoms with Crippen LogP contribution in [-0.4, -0.2) is 38.3 Å². The third kappa shape index (κ3) is 2.95. The third-order valence-corrected chi connectivity index (χ3v) is 6.40. The zero-order valence-corrected chi connectivity index (χ0v) is 15.4. The van der Waals surface area contributed by atoms with Gasteiger partial charge in [0.25, 0.3) is 0 Å². The molecule has 0 saturated carbocycles. The largest absolute Gasteiger partial charge is 0.342 e. The second-order valence-electron chi connectivity index (χ2n) is 7.03. The van der Waals surface area contributed by atoms with Crippen molar-refractivity contribution in [2.24, 2.45) is 0 Å². The van der Waals surface area contributed by atoms with Crippen molar-refractivity contribution in [3.8, 4) is 0 Å². The van der Waals surface area contributed by atoms with Crippen LogP contribution in [0.25, 0.3) is 5.65 Å². The molecule has 25 heavy (non-hydrogen) atoms. The normalized spacial score (nSPS) is 17.1. The van der Waals surface area contributed by atoms with Crippen LogP contribution in [0.5, 0.6) is 0 Å². The molecule has 0 aromatic carbocycles. The Morgan fingerprint density at radius 2 is 2.12 bits per heavy atom. The Morgan fingerprint density at radius 1 is 1.32 bits per heavy atom. The molecule has 0 unspecified atom stereocenters. The van der Waals surface area contributed by atoms with E-state index in [0.717, 1.165) is 43.0 Å². The number of aromatic nitrogens is 3. The fourth-order valence-corrected chi connectivity index (χ4v) is 4.48. The number of hydrogen-bond acceptors (Lipinski definition) is 4. The van der Waals surface area contributed by atoms with Crippen LogP contribution < -0.4 is 0 Å². The fourth-order valence-electron chi connectivity index (χ4n) is 3.62. The molecule has 0 spiro atoms. The van der Waals surface area contributed by atoms with E-state index in [1.165, 1.54) is 5.01 Å². The molecule has 6 heteroatoms. The Bertz CT molecular complexity index is 891. The molecule has 4 heterocycles. The van der Waals surface area contributed by atoms with Crippen LogP contribution in [-0.2, 0) is 16.6 Å². The Hall–Kier alpha value is -2.21. The number of likely N-dealkylation sites (tertiary alicyclic amines) is 1. The van der Waals surface area contributed by atoms with Crippen LogP contribution in [0.1, 0.15) is 36.2 Å². The lowest BCUT2D eigenvalue weighted by molar-refractivity contribution is -0.132. The Balaban J connectivity index is 1.47. The quantitative estimate of drug-likeness (QED) is 0.726. The topological polar surface area (TPSA) is 50.5 Å². The summed E-state index contributed by atoms with van der Waals surface area (Å²) in [5, 5.41) is 3.23. The minimum Gasteiger partial charge on any atom is -0.342 e. The molecule has 4 rings (SSSR count). The molecule has 0 bridgehead atoms. The fraction of sp³-hybridized carbons (Fsp3) is 0.421. The first-order valence-corrected chi connectivity index (χ1v) is 9.55. The van der Waals surface area contributed by atoms with Crippen molar-refractivity contribution < 1.29 is 4.79 Å². The molecule has 0 atom stereocenters. The first-order chi connectivity index (χ1) is 12.1. The number of thiazole rings is 1. The zero-order valence-electron chi connectivity index (χ0n) is 14.6. The highest BCUT2D eigenvalue weighted by Gasteiger charge is 2.35. The van der Waals surface area contributed by atoms with E-state index >= 15 is 0 Å². The van der Waals surface area contributed by atoms with E-state index in [1.807, 2.05) is 52.2 Å². The number of amides is 1. The number of fused-ring (bicyclic) bond motifs is 1. The highest BCUT2D eigenvalue weighted by atomic mass is 32.1. The number of piperidine rings is 1. The van der Waals surface area contributed by atoms with E-state index in [2.05, 4.69) is 16.9 Å². The maximum Gasteiger partial charge on any atom is 0.228 e. The van der Waals surface area contributed by atoms with Gasteiger partial charge < -0.3 is 9.30 Å². The Morgan fingerprint density at radius 3 is 2.84 bits per heavy atom. The van der Waals surface area contributed by atoms with Crippen LogP contribution in [0.15, 0.2) is 36.0 Å². The molecule has 1 aliphatic heterocycles. The lowest BCUT2D eigenvalue weighted by atomic mass is 9.81. The van der Waals surface area contributed by atoms with Gasteiger partial charge in [0.2, 0.25) is 5.91 Å². The average Bonchev–Trinajstić information content (AvgIpc) is 3.25. The van der Waals surface area contributed by atoms with E-state index in [1.54, 1.807) is 11.3 Å². The summed E-state index contributed by atoms with van der Waals surface area (Å²) >= 11 is 1.72. The van der Waals surface area contributed by atoms with E-state index in [4.69, 9.17) is 0 Å².